The number of benzene rings is 2. The highest BCUT2D eigenvalue weighted by atomic mass is 79.9. The number of fused-ring (bicyclic) bond motifs is 2. The van der Waals surface area contributed by atoms with Crippen LogP contribution in [0.5, 0.6) is 5.75 Å². The van der Waals surface area contributed by atoms with Gasteiger partial charge in [-0.25, -0.2) is 9.79 Å². The van der Waals surface area contributed by atoms with Crippen LogP contribution in [0.2, 0.25) is 5.02 Å². The SMILES string of the molecule is CCOC(=O)C1=C(C)N=c2s/c(=C3/C(=O)N(C)c4ccc(Br)cc43)c(=O)n2[C@@H]1c1cc(Cl)ccc1OC. The van der Waals surface area contributed by atoms with Gasteiger partial charge in [0.05, 0.1) is 36.2 Å². The van der Waals surface area contributed by atoms with Crippen molar-refractivity contribution < 1.29 is 19.1 Å². The molecule has 0 saturated carbocycles. The van der Waals surface area contributed by atoms with Crippen LogP contribution in [0.25, 0.3) is 5.57 Å². The Kier molecular flexibility index (Phi) is 6.59. The Morgan fingerprint density at radius 1 is 1.22 bits per heavy atom. The first-order chi connectivity index (χ1) is 17.7. The third-order valence-electron chi connectivity index (χ3n) is 6.31. The first-order valence-electron chi connectivity index (χ1n) is 11.3. The Labute approximate surface area is 229 Å². The lowest BCUT2D eigenvalue weighted by Crippen LogP contribution is -2.41. The van der Waals surface area contributed by atoms with E-state index < -0.39 is 17.6 Å². The first kappa shape index (κ1) is 25.4. The van der Waals surface area contributed by atoms with E-state index in [9.17, 15) is 14.4 Å². The molecule has 0 spiro atoms. The standard InChI is InChI=1S/C26H21BrClN3O5S/c1-5-36-25(34)19-12(2)29-26-31(21(19)16-11-14(28)7-9-18(16)35-4)24(33)22(37-26)20-15-10-13(27)6-8-17(15)30(3)23(20)32/h6-11,21H,5H2,1-4H3/b22-20+/t21-/m1/s1. The number of allylic oxidation sites excluding steroid dienone is 1. The quantitative estimate of drug-likeness (QED) is 0.426. The molecule has 1 aromatic heterocycles. The Bertz CT molecular complexity index is 1710. The molecule has 3 heterocycles. The van der Waals surface area contributed by atoms with Crippen LogP contribution in [0.4, 0.5) is 5.69 Å². The van der Waals surface area contributed by atoms with Crippen LogP contribution in [-0.2, 0) is 14.3 Å². The van der Waals surface area contributed by atoms with E-state index in [4.69, 9.17) is 21.1 Å². The lowest BCUT2D eigenvalue weighted by Gasteiger charge is -2.26. The predicted octanol–water partition coefficient (Wildman–Crippen LogP) is 3.57. The molecule has 0 fully saturated rings. The second-order valence-electron chi connectivity index (χ2n) is 8.41. The molecule has 2 aromatic carbocycles. The van der Waals surface area contributed by atoms with Gasteiger partial charge in [-0.15, -0.1) is 0 Å². The van der Waals surface area contributed by atoms with E-state index in [0.717, 1.165) is 15.8 Å². The zero-order valence-electron chi connectivity index (χ0n) is 20.3. The number of carbonyl (C=O) groups excluding carboxylic acids is 2. The molecular weight excluding hydrogens is 582 g/mol. The third kappa shape index (κ3) is 4.03. The highest BCUT2D eigenvalue weighted by molar-refractivity contribution is 9.10. The number of methoxy groups -OCH3 is 1. The molecule has 0 N–H and O–H groups in total. The topological polar surface area (TPSA) is 90.2 Å². The fourth-order valence-electron chi connectivity index (χ4n) is 4.67. The number of thiazole rings is 1. The molecule has 2 aliphatic heterocycles. The summed E-state index contributed by atoms with van der Waals surface area (Å²) in [5.41, 5.74) is 2.29. The van der Waals surface area contributed by atoms with Gasteiger partial charge in [0.1, 0.15) is 16.3 Å². The number of amides is 1. The predicted molar refractivity (Wildman–Crippen MR) is 145 cm³/mol. The van der Waals surface area contributed by atoms with E-state index in [1.54, 1.807) is 39.1 Å². The summed E-state index contributed by atoms with van der Waals surface area (Å²) < 4.78 is 13.4. The van der Waals surface area contributed by atoms with Crippen molar-refractivity contribution in [2.24, 2.45) is 4.99 Å². The summed E-state index contributed by atoms with van der Waals surface area (Å²) in [6, 6.07) is 9.56. The zero-order chi connectivity index (χ0) is 26.6. The smallest absolute Gasteiger partial charge is 0.338 e. The number of halogens is 2. The Balaban J connectivity index is 1.88. The molecule has 1 amide bonds. The van der Waals surface area contributed by atoms with Gasteiger partial charge in [0.25, 0.3) is 11.5 Å². The van der Waals surface area contributed by atoms with Gasteiger partial charge in [0.15, 0.2) is 4.80 Å². The van der Waals surface area contributed by atoms with Crippen molar-refractivity contribution >= 4 is 62.0 Å². The number of aromatic nitrogens is 1. The number of nitrogens with zero attached hydrogens (tertiary/aromatic N) is 3. The van der Waals surface area contributed by atoms with Crippen molar-refractivity contribution in [1.29, 1.82) is 0 Å². The maximum atomic E-state index is 14.1. The number of hydrogen-bond acceptors (Lipinski definition) is 7. The molecule has 2 aliphatic rings. The third-order valence-corrected chi connectivity index (χ3v) is 8.10. The summed E-state index contributed by atoms with van der Waals surface area (Å²) in [5, 5.41) is 0.407. The molecule has 3 aromatic rings. The average molecular weight is 603 g/mol. The fraction of sp³-hybridized carbons (Fsp3) is 0.231. The van der Waals surface area contributed by atoms with E-state index in [2.05, 4.69) is 20.9 Å². The van der Waals surface area contributed by atoms with Crippen LogP contribution in [0.3, 0.4) is 0 Å². The number of esters is 1. The van der Waals surface area contributed by atoms with Crippen molar-refractivity contribution in [3.63, 3.8) is 0 Å². The molecule has 1 atom stereocenters. The summed E-state index contributed by atoms with van der Waals surface area (Å²) in [7, 11) is 3.17. The van der Waals surface area contributed by atoms with Gasteiger partial charge in [-0.05, 0) is 50.2 Å². The molecule has 0 saturated heterocycles. The number of hydrogen-bond donors (Lipinski definition) is 0. The first-order valence-corrected chi connectivity index (χ1v) is 13.3. The van der Waals surface area contributed by atoms with E-state index in [1.165, 1.54) is 16.6 Å². The van der Waals surface area contributed by atoms with Gasteiger partial charge >= 0.3 is 5.97 Å². The highest BCUT2D eigenvalue weighted by Crippen LogP contribution is 2.38. The minimum absolute atomic E-state index is 0.149. The number of rotatable bonds is 4. The molecular formula is C26H21BrClN3O5S. The van der Waals surface area contributed by atoms with Crippen LogP contribution in [0, 0.1) is 0 Å². The minimum Gasteiger partial charge on any atom is -0.496 e. The van der Waals surface area contributed by atoms with Gasteiger partial charge in [0, 0.05) is 27.7 Å². The molecule has 0 unspecified atom stereocenters. The minimum atomic E-state index is -0.922. The monoisotopic (exact) mass is 601 g/mol. The van der Waals surface area contributed by atoms with Crippen LogP contribution in [0.15, 0.2) is 61.9 Å². The van der Waals surface area contributed by atoms with Crippen LogP contribution in [0.1, 0.15) is 31.0 Å². The molecule has 0 aliphatic carbocycles. The largest absolute Gasteiger partial charge is 0.496 e. The second kappa shape index (κ2) is 9.59. The van der Waals surface area contributed by atoms with Crippen molar-refractivity contribution in [3.8, 4) is 5.75 Å². The summed E-state index contributed by atoms with van der Waals surface area (Å²) >= 11 is 10.9. The summed E-state index contributed by atoms with van der Waals surface area (Å²) in [4.78, 5) is 47.1. The van der Waals surface area contributed by atoms with Crippen LogP contribution in [-0.4, -0.2) is 37.2 Å². The lowest BCUT2D eigenvalue weighted by molar-refractivity contribution is -0.139. The maximum absolute atomic E-state index is 14.1. The second-order valence-corrected chi connectivity index (χ2v) is 10.7. The Morgan fingerprint density at radius 2 is 1.97 bits per heavy atom. The normalized spacial score (nSPS) is 17.9. The Morgan fingerprint density at radius 3 is 2.68 bits per heavy atom. The highest BCUT2D eigenvalue weighted by Gasteiger charge is 2.37. The molecule has 37 heavy (non-hydrogen) atoms. The zero-order valence-corrected chi connectivity index (χ0v) is 23.5. The summed E-state index contributed by atoms with van der Waals surface area (Å²) in [6.07, 6.45) is 0. The molecule has 0 bridgehead atoms. The van der Waals surface area contributed by atoms with Gasteiger partial charge in [-0.2, -0.15) is 0 Å². The van der Waals surface area contributed by atoms with E-state index >= 15 is 0 Å². The lowest BCUT2D eigenvalue weighted by atomic mass is 9.95. The Hall–Kier alpha value is -3.21. The number of ether oxygens (including phenoxy) is 2. The molecule has 0 radical (unpaired) electrons. The van der Waals surface area contributed by atoms with Gasteiger partial charge < -0.3 is 14.4 Å². The van der Waals surface area contributed by atoms with E-state index in [0.29, 0.717) is 38.1 Å². The van der Waals surface area contributed by atoms with Crippen molar-refractivity contribution in [2.45, 2.75) is 19.9 Å². The van der Waals surface area contributed by atoms with Gasteiger partial charge in [-0.1, -0.05) is 38.9 Å². The van der Waals surface area contributed by atoms with Crippen molar-refractivity contribution in [1.82, 2.24) is 4.57 Å². The number of anilines is 1. The molecule has 11 heteroatoms. The van der Waals surface area contributed by atoms with Crippen LogP contribution >= 0.6 is 38.9 Å². The van der Waals surface area contributed by atoms with Gasteiger partial charge in [0.2, 0.25) is 0 Å². The molecule has 5 rings (SSSR count). The maximum Gasteiger partial charge on any atom is 0.338 e. The van der Waals surface area contributed by atoms with Crippen LogP contribution < -0.4 is 24.5 Å². The average Bonchev–Trinajstić information content (AvgIpc) is 3.30. The summed E-state index contributed by atoms with van der Waals surface area (Å²) in [5.74, 6) is -0.452. The number of likely N-dealkylation sites (N-methyl/N-ethyl adjacent to an activating group) is 1. The van der Waals surface area contributed by atoms with Gasteiger partial charge in [-0.3, -0.25) is 14.2 Å². The van der Waals surface area contributed by atoms with Crippen molar-refractivity contribution in [2.75, 3.05) is 25.7 Å². The van der Waals surface area contributed by atoms with Crippen molar-refractivity contribution in [3.05, 3.63) is 88.0 Å². The summed E-state index contributed by atoms with van der Waals surface area (Å²) in [6.45, 7) is 3.55. The fourth-order valence-corrected chi connectivity index (χ4v) is 6.35. The molecule has 190 valence electrons. The number of carbonyl (C=O) groups is 2. The van der Waals surface area contributed by atoms with E-state index in [1.807, 2.05) is 18.2 Å². The molecule has 8 nitrogen and oxygen atoms in total. The van der Waals surface area contributed by atoms with E-state index in [-0.39, 0.29) is 28.2 Å².